The van der Waals surface area contributed by atoms with Gasteiger partial charge in [-0.1, -0.05) is 17.7 Å². The predicted octanol–water partition coefficient (Wildman–Crippen LogP) is 0.793. The molecule has 0 amide bonds. The van der Waals surface area contributed by atoms with Crippen LogP contribution in [0.15, 0.2) is 38.8 Å². The molecule has 6 nitrogen and oxygen atoms in total. The summed E-state index contributed by atoms with van der Waals surface area (Å²) in [5, 5.41) is 2.86. The van der Waals surface area contributed by atoms with Crippen molar-refractivity contribution in [3.05, 3.63) is 29.8 Å². The smallest absolute Gasteiger partial charge is 0.319 e. The van der Waals surface area contributed by atoms with Gasteiger partial charge in [0.05, 0.1) is 4.90 Å². The lowest BCUT2D eigenvalue weighted by atomic mass is 10.2. The van der Waals surface area contributed by atoms with Crippen LogP contribution in [0.3, 0.4) is 0 Å². The Morgan fingerprint density at radius 3 is 2.38 bits per heavy atom. The fraction of sp³-hybridized carbons (Fsp3) is 0.111. The quantitative estimate of drug-likeness (QED) is 0.831. The van der Waals surface area contributed by atoms with Crippen molar-refractivity contribution < 1.29 is 12.9 Å². The molecule has 0 atom stereocenters. The van der Waals surface area contributed by atoms with Crippen LogP contribution in [0.25, 0.3) is 0 Å². The van der Waals surface area contributed by atoms with Crippen molar-refractivity contribution in [1.82, 2.24) is 10.1 Å². The van der Waals surface area contributed by atoms with Gasteiger partial charge in [0, 0.05) is 0 Å². The van der Waals surface area contributed by atoms with E-state index in [0.717, 1.165) is 5.56 Å². The monoisotopic (exact) mass is 239 g/mol. The third kappa shape index (κ3) is 1.76. The molecule has 7 heteroatoms. The van der Waals surface area contributed by atoms with Gasteiger partial charge in [0.25, 0.3) is 5.16 Å². The molecule has 0 saturated carbocycles. The van der Waals surface area contributed by atoms with Gasteiger partial charge in [-0.2, -0.15) is 4.98 Å². The van der Waals surface area contributed by atoms with E-state index in [0.29, 0.717) is 0 Å². The summed E-state index contributed by atoms with van der Waals surface area (Å²) in [6.45, 7) is 1.86. The second kappa shape index (κ2) is 3.60. The highest BCUT2D eigenvalue weighted by Crippen LogP contribution is 2.18. The van der Waals surface area contributed by atoms with Crippen LogP contribution >= 0.6 is 0 Å². The maximum atomic E-state index is 11.9. The second-order valence-corrected chi connectivity index (χ2v) is 5.08. The Hall–Kier alpha value is -1.89. The molecule has 2 aromatic rings. The van der Waals surface area contributed by atoms with E-state index in [9.17, 15) is 8.42 Å². The molecular weight excluding hydrogens is 230 g/mol. The molecule has 0 fully saturated rings. The van der Waals surface area contributed by atoms with Crippen molar-refractivity contribution in [1.29, 1.82) is 0 Å². The van der Waals surface area contributed by atoms with E-state index < -0.39 is 15.0 Å². The van der Waals surface area contributed by atoms with Gasteiger partial charge in [0.2, 0.25) is 9.84 Å². The molecule has 0 bridgehead atoms. The van der Waals surface area contributed by atoms with Crippen LogP contribution in [0.2, 0.25) is 0 Å². The van der Waals surface area contributed by atoms with Crippen molar-refractivity contribution in [2.24, 2.45) is 0 Å². The molecule has 0 aliphatic carbocycles. The Kier molecular flexibility index (Phi) is 2.39. The fourth-order valence-corrected chi connectivity index (χ4v) is 2.20. The van der Waals surface area contributed by atoms with Gasteiger partial charge in [0.1, 0.15) is 0 Å². The van der Waals surface area contributed by atoms with E-state index >= 15 is 0 Å². The Labute approximate surface area is 92.0 Å². The maximum Gasteiger partial charge on any atom is 0.319 e. The first-order valence-corrected chi connectivity index (χ1v) is 5.89. The number of rotatable bonds is 2. The zero-order valence-electron chi connectivity index (χ0n) is 8.41. The normalized spacial score (nSPS) is 11.6. The predicted molar refractivity (Wildman–Crippen MR) is 55.3 cm³/mol. The number of aryl methyl sites for hydroxylation is 1. The molecule has 0 unspecified atom stereocenters. The number of aromatic nitrogens is 2. The number of nitrogens with zero attached hydrogens (tertiary/aromatic N) is 2. The third-order valence-corrected chi connectivity index (χ3v) is 3.53. The fourth-order valence-electron chi connectivity index (χ4n) is 1.15. The van der Waals surface area contributed by atoms with Gasteiger partial charge < -0.3 is 10.3 Å². The zero-order valence-corrected chi connectivity index (χ0v) is 9.23. The summed E-state index contributed by atoms with van der Waals surface area (Å²) in [7, 11) is -3.73. The van der Waals surface area contributed by atoms with E-state index in [4.69, 9.17) is 5.73 Å². The average Bonchev–Trinajstić information content (AvgIpc) is 2.66. The largest absolute Gasteiger partial charge is 0.351 e. The second-order valence-electron chi connectivity index (χ2n) is 3.23. The summed E-state index contributed by atoms with van der Waals surface area (Å²) in [4.78, 5) is 3.60. The molecule has 2 rings (SSSR count). The minimum absolute atomic E-state index is 0.110. The van der Waals surface area contributed by atoms with Crippen molar-refractivity contribution in [3.8, 4) is 0 Å². The summed E-state index contributed by atoms with van der Waals surface area (Å²) in [5.74, 6) is 0. The highest BCUT2D eigenvalue weighted by molar-refractivity contribution is 7.91. The highest BCUT2D eigenvalue weighted by atomic mass is 32.2. The molecule has 1 aromatic carbocycles. The number of anilines is 1. The average molecular weight is 239 g/mol. The van der Waals surface area contributed by atoms with Crippen molar-refractivity contribution >= 4 is 15.9 Å². The Morgan fingerprint density at radius 2 is 1.88 bits per heavy atom. The lowest BCUT2D eigenvalue weighted by Gasteiger charge is -1.99. The molecule has 0 aliphatic rings. The Morgan fingerprint density at radius 1 is 1.25 bits per heavy atom. The number of hydrogen-bond acceptors (Lipinski definition) is 6. The molecule has 2 N–H and O–H groups in total. The summed E-state index contributed by atoms with van der Waals surface area (Å²) < 4.78 is 28.3. The van der Waals surface area contributed by atoms with Crippen LogP contribution in [0.5, 0.6) is 0 Å². The van der Waals surface area contributed by atoms with Gasteiger partial charge in [0.15, 0.2) is 0 Å². The molecule has 0 saturated heterocycles. The minimum atomic E-state index is -3.73. The molecule has 16 heavy (non-hydrogen) atoms. The van der Waals surface area contributed by atoms with E-state index in [2.05, 4.69) is 14.7 Å². The van der Waals surface area contributed by atoms with Gasteiger partial charge in [-0.25, -0.2) is 8.42 Å². The molecule has 84 valence electrons. The molecule has 0 aliphatic heterocycles. The van der Waals surface area contributed by atoms with Crippen LogP contribution in [0, 0.1) is 6.92 Å². The highest BCUT2D eigenvalue weighted by Gasteiger charge is 2.23. The summed E-state index contributed by atoms with van der Waals surface area (Å²) in [5.41, 5.74) is 6.14. The Balaban J connectivity index is 2.51. The van der Waals surface area contributed by atoms with Crippen LogP contribution in [-0.4, -0.2) is 18.6 Å². The van der Waals surface area contributed by atoms with Gasteiger partial charge in [-0.3, -0.25) is 0 Å². The van der Waals surface area contributed by atoms with Crippen molar-refractivity contribution in [2.75, 3.05) is 5.73 Å². The van der Waals surface area contributed by atoms with E-state index in [1.807, 2.05) is 6.92 Å². The van der Waals surface area contributed by atoms with Gasteiger partial charge in [-0.05, 0) is 24.2 Å². The number of benzene rings is 1. The topological polar surface area (TPSA) is 99.1 Å². The number of hydrogen-bond donors (Lipinski definition) is 1. The number of nitrogens with two attached hydrogens (primary N) is 1. The number of nitrogen functional groups attached to an aromatic ring is 1. The van der Waals surface area contributed by atoms with E-state index in [-0.39, 0.29) is 10.9 Å². The molecular formula is C9H9N3O3S. The van der Waals surface area contributed by atoms with Gasteiger partial charge >= 0.3 is 6.01 Å². The molecule has 1 aromatic heterocycles. The maximum absolute atomic E-state index is 11.9. The van der Waals surface area contributed by atoms with Crippen molar-refractivity contribution in [2.45, 2.75) is 17.0 Å². The minimum Gasteiger partial charge on any atom is -0.351 e. The van der Waals surface area contributed by atoms with Crippen LogP contribution in [0.4, 0.5) is 6.01 Å². The van der Waals surface area contributed by atoms with Crippen LogP contribution in [0.1, 0.15) is 5.56 Å². The Bertz CT molecular complexity index is 601. The first kappa shape index (κ1) is 10.6. The van der Waals surface area contributed by atoms with Crippen LogP contribution < -0.4 is 5.73 Å². The SMILES string of the molecule is Cc1ccc(S(=O)(=O)c2noc(N)n2)cc1. The summed E-state index contributed by atoms with van der Waals surface area (Å²) >= 11 is 0. The summed E-state index contributed by atoms with van der Waals surface area (Å²) in [6.07, 6.45) is 0. The lowest BCUT2D eigenvalue weighted by molar-refractivity contribution is 0.415. The van der Waals surface area contributed by atoms with Gasteiger partial charge in [-0.15, -0.1) is 0 Å². The van der Waals surface area contributed by atoms with Crippen molar-refractivity contribution in [3.63, 3.8) is 0 Å². The molecule has 1 heterocycles. The molecule has 0 spiro atoms. The van der Waals surface area contributed by atoms with Crippen LogP contribution in [-0.2, 0) is 9.84 Å². The number of sulfone groups is 1. The first-order chi connectivity index (χ1) is 7.50. The lowest BCUT2D eigenvalue weighted by Crippen LogP contribution is -2.04. The zero-order chi connectivity index (χ0) is 11.8. The van der Waals surface area contributed by atoms with E-state index in [1.54, 1.807) is 12.1 Å². The van der Waals surface area contributed by atoms with E-state index in [1.165, 1.54) is 12.1 Å². The standard InChI is InChI=1S/C9H9N3O3S/c1-6-2-4-7(5-3-6)16(13,14)9-11-8(10)15-12-9/h2-5H,1H3,(H2,10,11,12). The first-order valence-electron chi connectivity index (χ1n) is 4.41. The summed E-state index contributed by atoms with van der Waals surface area (Å²) in [6, 6.07) is 6.08. The molecule has 0 radical (unpaired) electrons. The third-order valence-electron chi connectivity index (χ3n) is 1.99.